The summed E-state index contributed by atoms with van der Waals surface area (Å²) in [6.45, 7) is 7.29. The molecule has 1 unspecified atom stereocenters. The van der Waals surface area contributed by atoms with Crippen molar-refractivity contribution in [2.45, 2.75) is 26.9 Å². The van der Waals surface area contributed by atoms with Crippen LogP contribution in [0.4, 0.5) is 5.69 Å². The highest BCUT2D eigenvalue weighted by Crippen LogP contribution is 2.27. The van der Waals surface area contributed by atoms with Gasteiger partial charge in [-0.1, -0.05) is 18.2 Å². The van der Waals surface area contributed by atoms with Crippen LogP contribution in [0.1, 0.15) is 26.3 Å². The van der Waals surface area contributed by atoms with Gasteiger partial charge in [-0.2, -0.15) is 5.26 Å². The molecule has 0 aromatic heterocycles. The Morgan fingerprint density at radius 3 is 2.43 bits per heavy atom. The number of aliphatic hydroxyl groups excluding tert-OH is 2. The normalized spacial score (nSPS) is 12.9. The summed E-state index contributed by atoms with van der Waals surface area (Å²) in [5.41, 5.74) is 2.51. The number of hydrogen-bond donors (Lipinski definition) is 3. The lowest BCUT2D eigenvalue weighted by Gasteiger charge is -2.21. The van der Waals surface area contributed by atoms with Crippen molar-refractivity contribution in [1.82, 2.24) is 5.32 Å². The number of allylic oxidation sites excluding steroid dienone is 1. The van der Waals surface area contributed by atoms with E-state index in [0.29, 0.717) is 5.57 Å². The maximum Gasteiger partial charge on any atom is 0.262 e. The van der Waals surface area contributed by atoms with Crippen molar-refractivity contribution < 1.29 is 15.0 Å². The quantitative estimate of drug-likeness (QED) is 0.482. The fourth-order valence-electron chi connectivity index (χ4n) is 3.06. The van der Waals surface area contributed by atoms with Gasteiger partial charge in [0.05, 0.1) is 12.7 Å². The number of carbonyl (C=O) groups is 1. The van der Waals surface area contributed by atoms with Crippen molar-refractivity contribution in [1.29, 1.82) is 5.26 Å². The van der Waals surface area contributed by atoms with E-state index in [1.54, 1.807) is 6.92 Å². The largest absolute Gasteiger partial charge is 0.394 e. The van der Waals surface area contributed by atoms with Crippen LogP contribution in [0.2, 0.25) is 0 Å². The maximum atomic E-state index is 12.3. The van der Waals surface area contributed by atoms with E-state index < -0.39 is 18.6 Å². The van der Waals surface area contributed by atoms with Crippen molar-refractivity contribution in [2.24, 2.45) is 0 Å². The second kappa shape index (κ2) is 9.88. The molecule has 28 heavy (non-hydrogen) atoms. The summed E-state index contributed by atoms with van der Waals surface area (Å²) < 4.78 is 0. The first kappa shape index (κ1) is 21.4. The second-order valence-corrected chi connectivity index (χ2v) is 6.58. The third-order valence-corrected chi connectivity index (χ3v) is 4.81. The molecule has 1 amide bonds. The highest BCUT2D eigenvalue weighted by Gasteiger charge is 2.15. The number of carbonyl (C=O) groups excluding carboxylic acids is 1. The number of benzene rings is 2. The van der Waals surface area contributed by atoms with Crippen LogP contribution in [-0.2, 0) is 4.79 Å². The number of amides is 1. The van der Waals surface area contributed by atoms with E-state index in [1.165, 1.54) is 0 Å². The third-order valence-electron chi connectivity index (χ3n) is 4.81. The van der Waals surface area contributed by atoms with Gasteiger partial charge in [0.15, 0.2) is 0 Å². The predicted molar refractivity (Wildman–Crippen MR) is 112 cm³/mol. The molecule has 0 heterocycles. The molecule has 2 rings (SSSR count). The zero-order valence-corrected chi connectivity index (χ0v) is 16.6. The average Bonchev–Trinajstić information content (AvgIpc) is 2.72. The Kier molecular flexibility index (Phi) is 7.56. The maximum absolute atomic E-state index is 12.3. The van der Waals surface area contributed by atoms with Crippen LogP contribution in [0.25, 0.3) is 16.3 Å². The molecule has 0 radical (unpaired) electrons. The average molecular weight is 381 g/mol. The molecular formula is C22H27N3O3. The van der Waals surface area contributed by atoms with Gasteiger partial charge in [0.25, 0.3) is 5.91 Å². The van der Waals surface area contributed by atoms with Crippen LogP contribution in [0, 0.1) is 11.3 Å². The molecule has 6 nitrogen and oxygen atoms in total. The summed E-state index contributed by atoms with van der Waals surface area (Å²) in [5, 5.41) is 32.2. The molecule has 0 fully saturated rings. The molecule has 148 valence electrons. The van der Waals surface area contributed by atoms with E-state index in [-0.39, 0.29) is 12.1 Å². The van der Waals surface area contributed by atoms with Crippen molar-refractivity contribution in [2.75, 3.05) is 31.1 Å². The Bertz CT molecular complexity index is 911. The molecule has 2 aromatic carbocycles. The van der Waals surface area contributed by atoms with E-state index in [2.05, 4.69) is 36.2 Å². The number of aliphatic hydroxyl groups is 2. The number of nitrogens with zero attached hydrogens (tertiary/aromatic N) is 2. The van der Waals surface area contributed by atoms with Crippen molar-refractivity contribution in [3.8, 4) is 6.07 Å². The number of anilines is 1. The lowest BCUT2D eigenvalue weighted by atomic mass is 9.98. The number of nitrogens with one attached hydrogen (secondary N) is 1. The smallest absolute Gasteiger partial charge is 0.262 e. The predicted octanol–water partition coefficient (Wildman–Crippen LogP) is 2.45. The molecule has 0 saturated heterocycles. The summed E-state index contributed by atoms with van der Waals surface area (Å²) in [4.78, 5) is 14.5. The zero-order valence-electron chi connectivity index (χ0n) is 16.6. The van der Waals surface area contributed by atoms with Crippen molar-refractivity contribution >= 4 is 27.9 Å². The highest BCUT2D eigenvalue weighted by molar-refractivity contribution is 6.05. The topological polar surface area (TPSA) is 96.6 Å². The number of rotatable bonds is 8. The van der Waals surface area contributed by atoms with E-state index >= 15 is 0 Å². The molecule has 0 aliphatic carbocycles. The van der Waals surface area contributed by atoms with Gasteiger partial charge in [0.1, 0.15) is 11.6 Å². The highest BCUT2D eigenvalue weighted by atomic mass is 16.3. The van der Waals surface area contributed by atoms with E-state index in [9.17, 15) is 15.2 Å². The molecule has 0 aliphatic heterocycles. The first-order valence-electron chi connectivity index (χ1n) is 9.42. The summed E-state index contributed by atoms with van der Waals surface area (Å²) >= 11 is 0. The monoisotopic (exact) mass is 381 g/mol. The molecule has 0 spiro atoms. The van der Waals surface area contributed by atoms with Gasteiger partial charge in [0, 0.05) is 25.3 Å². The summed E-state index contributed by atoms with van der Waals surface area (Å²) in [7, 11) is 0. The van der Waals surface area contributed by atoms with Gasteiger partial charge in [-0.15, -0.1) is 0 Å². The first-order valence-corrected chi connectivity index (χ1v) is 9.42. The van der Waals surface area contributed by atoms with Crippen LogP contribution in [0.5, 0.6) is 0 Å². The molecule has 0 bridgehead atoms. The van der Waals surface area contributed by atoms with Gasteiger partial charge in [-0.3, -0.25) is 4.79 Å². The number of fused-ring (bicyclic) bond motifs is 1. The Labute approximate surface area is 165 Å². The summed E-state index contributed by atoms with van der Waals surface area (Å²) in [6, 6.07) is 14.1. The molecular weight excluding hydrogens is 354 g/mol. The molecule has 2 aromatic rings. The Morgan fingerprint density at radius 1 is 1.18 bits per heavy atom. The Balaban J connectivity index is 2.34. The lowest BCUT2D eigenvalue weighted by Crippen LogP contribution is -2.34. The minimum Gasteiger partial charge on any atom is -0.394 e. The van der Waals surface area contributed by atoms with Gasteiger partial charge < -0.3 is 20.4 Å². The molecule has 6 heteroatoms. The van der Waals surface area contributed by atoms with E-state index in [0.717, 1.165) is 35.1 Å². The van der Waals surface area contributed by atoms with Gasteiger partial charge in [-0.05, 0) is 60.9 Å². The van der Waals surface area contributed by atoms with Crippen LogP contribution < -0.4 is 10.2 Å². The van der Waals surface area contributed by atoms with Crippen LogP contribution in [0.3, 0.4) is 0 Å². The Morgan fingerprint density at radius 2 is 1.82 bits per heavy atom. The minimum atomic E-state index is -1.05. The zero-order chi connectivity index (χ0) is 20.7. The minimum absolute atomic E-state index is 0.00995. The SMILES string of the molecule is CCN(CC)c1ccc2cc(C(C)=C(C#N)C(=O)NCC(O)CO)ccc2c1. The fraction of sp³-hybridized carbons (Fsp3) is 0.364. The molecule has 1 atom stereocenters. The molecule has 0 aliphatic rings. The standard InChI is InChI=1S/C22H27N3O3/c1-4-25(5-2)19-9-8-17-10-16(6-7-18(17)11-19)15(3)21(12-23)22(28)24-13-20(27)14-26/h6-11,20,26-27H,4-5,13-14H2,1-3H3,(H,24,28). The van der Waals surface area contributed by atoms with Crippen molar-refractivity contribution in [3.05, 3.63) is 47.5 Å². The van der Waals surface area contributed by atoms with Crippen LogP contribution in [-0.4, -0.2) is 48.5 Å². The van der Waals surface area contributed by atoms with Crippen molar-refractivity contribution in [3.63, 3.8) is 0 Å². The third kappa shape index (κ3) is 4.89. The van der Waals surface area contributed by atoms with E-state index in [4.69, 9.17) is 5.11 Å². The van der Waals surface area contributed by atoms with Gasteiger partial charge >= 0.3 is 0 Å². The Hall–Kier alpha value is -2.88. The van der Waals surface area contributed by atoms with Gasteiger partial charge in [0.2, 0.25) is 0 Å². The number of nitriles is 1. The van der Waals surface area contributed by atoms with Gasteiger partial charge in [-0.25, -0.2) is 0 Å². The second-order valence-electron chi connectivity index (χ2n) is 6.58. The summed E-state index contributed by atoms with van der Waals surface area (Å²) in [6.07, 6.45) is -1.05. The fourth-order valence-corrected chi connectivity index (χ4v) is 3.06. The lowest BCUT2D eigenvalue weighted by molar-refractivity contribution is -0.117. The van der Waals surface area contributed by atoms with Crippen LogP contribution >= 0.6 is 0 Å². The van der Waals surface area contributed by atoms with E-state index in [1.807, 2.05) is 30.3 Å². The summed E-state index contributed by atoms with van der Waals surface area (Å²) in [5.74, 6) is -0.565. The van der Waals surface area contributed by atoms with Crippen LogP contribution in [0.15, 0.2) is 42.0 Å². The number of hydrogen-bond acceptors (Lipinski definition) is 5. The molecule has 0 saturated carbocycles. The first-order chi connectivity index (χ1) is 13.4. The molecule has 3 N–H and O–H groups in total.